The number of nitrogens with zero attached hydrogens (tertiary/aromatic N) is 5. The molecule has 0 saturated carbocycles. The number of ether oxygens (including phenoxy) is 3. The topological polar surface area (TPSA) is 117 Å². The van der Waals surface area contributed by atoms with Crippen LogP contribution in [0.4, 0.5) is 0 Å². The minimum Gasteiger partial charge on any atom is -0.494 e. The summed E-state index contributed by atoms with van der Waals surface area (Å²) < 4.78 is 23.6. The van der Waals surface area contributed by atoms with E-state index in [4.69, 9.17) is 18.6 Å². The Labute approximate surface area is 244 Å². The molecule has 42 heavy (non-hydrogen) atoms. The fraction of sp³-hybridized carbons (Fsp3) is 0.406. The summed E-state index contributed by atoms with van der Waals surface area (Å²) in [7, 11) is 3.73. The SMILES string of the molecule is COc1cc(C(O)N2CC3C2CCN3C)cnc1-c1cc2nccc(-c3ccc(OC4CCOCC4)c(C#N)c3)c2o1. The molecule has 0 spiro atoms. The van der Waals surface area contributed by atoms with Crippen molar-refractivity contribution in [2.45, 2.75) is 43.7 Å². The fourth-order valence-corrected chi connectivity index (χ4v) is 6.41. The standard InChI is InChI=1S/C32H33N5O5/c1-36-10-6-25-26(36)18-37(25)32(38)21-14-28(39-2)30(35-17-21)29-15-24-31(42-29)23(5-9-34-24)19-3-4-27(20(13-19)16-33)41-22-7-11-40-12-8-22/h3-5,9,13-15,17,22,25-26,32,38H,6-8,10-12,18H2,1-2H3. The molecule has 1 N–H and O–H groups in total. The van der Waals surface area contributed by atoms with Crippen LogP contribution in [0.5, 0.6) is 11.5 Å². The van der Waals surface area contributed by atoms with Gasteiger partial charge in [0.05, 0.1) is 25.9 Å². The number of likely N-dealkylation sites (tertiary alicyclic amines) is 2. The largest absolute Gasteiger partial charge is 0.494 e. The molecule has 3 aliphatic heterocycles. The number of pyridine rings is 2. The molecular weight excluding hydrogens is 534 g/mol. The van der Waals surface area contributed by atoms with Gasteiger partial charge in [0.25, 0.3) is 0 Å². The average Bonchev–Trinajstić information content (AvgIpc) is 3.57. The highest BCUT2D eigenvalue weighted by molar-refractivity contribution is 5.92. The van der Waals surface area contributed by atoms with Crippen LogP contribution in [0.3, 0.4) is 0 Å². The van der Waals surface area contributed by atoms with Crippen LogP contribution in [0, 0.1) is 11.3 Å². The minimum absolute atomic E-state index is 0.0409. The van der Waals surface area contributed by atoms with Crippen molar-refractivity contribution in [2.24, 2.45) is 0 Å². The maximum absolute atomic E-state index is 11.1. The first kappa shape index (κ1) is 26.9. The summed E-state index contributed by atoms with van der Waals surface area (Å²) in [5.41, 5.74) is 4.55. The molecule has 0 amide bonds. The van der Waals surface area contributed by atoms with E-state index in [2.05, 4.69) is 32.9 Å². The van der Waals surface area contributed by atoms with Crippen LogP contribution in [-0.2, 0) is 4.74 Å². The van der Waals surface area contributed by atoms with Crippen LogP contribution in [0.15, 0.2) is 53.2 Å². The Morgan fingerprint density at radius 2 is 1.93 bits per heavy atom. The average molecular weight is 568 g/mol. The van der Waals surface area contributed by atoms with Crippen molar-refractivity contribution in [3.8, 4) is 40.1 Å². The Morgan fingerprint density at radius 3 is 2.71 bits per heavy atom. The summed E-state index contributed by atoms with van der Waals surface area (Å²) in [6.07, 6.45) is 5.37. The van der Waals surface area contributed by atoms with Gasteiger partial charge in [0.15, 0.2) is 11.3 Å². The third-order valence-corrected chi connectivity index (χ3v) is 8.84. The van der Waals surface area contributed by atoms with Crippen LogP contribution >= 0.6 is 0 Å². The normalized spacial score (nSPS) is 22.0. The monoisotopic (exact) mass is 567 g/mol. The van der Waals surface area contributed by atoms with Crippen molar-refractivity contribution in [2.75, 3.05) is 40.5 Å². The number of methoxy groups -OCH3 is 1. The van der Waals surface area contributed by atoms with Crippen molar-refractivity contribution in [1.82, 2.24) is 19.8 Å². The molecule has 216 valence electrons. The zero-order valence-corrected chi connectivity index (χ0v) is 23.7. The Hall–Kier alpha value is -4.01. The number of furan rings is 1. The Kier molecular flexibility index (Phi) is 7.04. The molecule has 1 aromatic carbocycles. The van der Waals surface area contributed by atoms with E-state index in [0.29, 0.717) is 70.5 Å². The van der Waals surface area contributed by atoms with Gasteiger partial charge in [0.1, 0.15) is 41.1 Å². The van der Waals surface area contributed by atoms with Gasteiger partial charge in [-0.1, -0.05) is 6.07 Å². The van der Waals surface area contributed by atoms with E-state index in [1.807, 2.05) is 36.4 Å². The van der Waals surface area contributed by atoms with Gasteiger partial charge in [-0.2, -0.15) is 5.26 Å². The molecule has 6 heterocycles. The molecule has 3 unspecified atom stereocenters. The quantitative estimate of drug-likeness (QED) is 0.345. The van der Waals surface area contributed by atoms with Crippen LogP contribution in [0.2, 0.25) is 0 Å². The number of fused-ring (bicyclic) bond motifs is 2. The predicted molar refractivity (Wildman–Crippen MR) is 155 cm³/mol. The van der Waals surface area contributed by atoms with Crippen molar-refractivity contribution in [3.63, 3.8) is 0 Å². The molecule has 3 aromatic heterocycles. The number of aromatic nitrogens is 2. The molecule has 3 saturated heterocycles. The van der Waals surface area contributed by atoms with Gasteiger partial charge in [-0.15, -0.1) is 0 Å². The van der Waals surface area contributed by atoms with Crippen LogP contribution < -0.4 is 9.47 Å². The number of hydrogen-bond acceptors (Lipinski definition) is 10. The highest BCUT2D eigenvalue weighted by Crippen LogP contribution is 2.40. The molecule has 10 heteroatoms. The molecule has 4 aromatic rings. The lowest BCUT2D eigenvalue weighted by molar-refractivity contribution is -0.0995. The second-order valence-electron chi connectivity index (χ2n) is 11.2. The summed E-state index contributed by atoms with van der Waals surface area (Å²) in [6.45, 7) is 3.22. The first-order valence-electron chi connectivity index (χ1n) is 14.4. The number of benzene rings is 1. The molecule has 3 atom stereocenters. The maximum Gasteiger partial charge on any atom is 0.161 e. The van der Waals surface area contributed by atoms with Crippen molar-refractivity contribution >= 4 is 11.1 Å². The zero-order valence-electron chi connectivity index (χ0n) is 23.7. The van der Waals surface area contributed by atoms with Gasteiger partial charge in [0.2, 0.25) is 0 Å². The summed E-state index contributed by atoms with van der Waals surface area (Å²) >= 11 is 0. The van der Waals surface area contributed by atoms with Crippen LogP contribution in [0.1, 0.15) is 36.6 Å². The van der Waals surface area contributed by atoms with Gasteiger partial charge < -0.3 is 28.6 Å². The summed E-state index contributed by atoms with van der Waals surface area (Å²) in [5, 5.41) is 21.0. The second kappa shape index (κ2) is 11.0. The predicted octanol–water partition coefficient (Wildman–Crippen LogP) is 4.37. The number of nitriles is 1. The summed E-state index contributed by atoms with van der Waals surface area (Å²) in [6, 6.07) is 14.3. The third-order valence-electron chi connectivity index (χ3n) is 8.84. The maximum atomic E-state index is 11.1. The molecule has 3 aliphatic rings. The van der Waals surface area contributed by atoms with Gasteiger partial charge in [-0.3, -0.25) is 9.88 Å². The number of hydrogen-bond donors (Lipinski definition) is 1. The Balaban J connectivity index is 1.17. The van der Waals surface area contributed by atoms with Gasteiger partial charge in [0, 0.05) is 61.1 Å². The van der Waals surface area contributed by atoms with Crippen molar-refractivity contribution in [1.29, 1.82) is 5.26 Å². The highest BCUT2D eigenvalue weighted by atomic mass is 16.5. The van der Waals surface area contributed by atoms with E-state index in [1.165, 1.54) is 0 Å². The van der Waals surface area contributed by atoms with E-state index in [1.54, 1.807) is 19.5 Å². The number of rotatable bonds is 7. The summed E-state index contributed by atoms with van der Waals surface area (Å²) in [4.78, 5) is 13.7. The smallest absolute Gasteiger partial charge is 0.161 e. The van der Waals surface area contributed by atoms with Crippen molar-refractivity contribution in [3.05, 3.63) is 59.9 Å². The van der Waals surface area contributed by atoms with E-state index in [0.717, 1.165) is 43.5 Å². The summed E-state index contributed by atoms with van der Waals surface area (Å²) in [5.74, 6) is 1.59. The van der Waals surface area contributed by atoms with Crippen LogP contribution in [-0.4, -0.2) is 83.5 Å². The lowest BCUT2D eigenvalue weighted by Gasteiger charge is -2.48. The van der Waals surface area contributed by atoms with E-state index in [9.17, 15) is 10.4 Å². The molecule has 10 nitrogen and oxygen atoms in total. The molecule has 0 aliphatic carbocycles. The van der Waals surface area contributed by atoms with E-state index in [-0.39, 0.29) is 6.10 Å². The van der Waals surface area contributed by atoms with Crippen LogP contribution in [0.25, 0.3) is 33.7 Å². The van der Waals surface area contributed by atoms with Gasteiger partial charge in [-0.05, 0) is 49.8 Å². The molecule has 0 radical (unpaired) electrons. The third kappa shape index (κ3) is 4.68. The highest BCUT2D eigenvalue weighted by Gasteiger charge is 2.48. The first-order chi connectivity index (χ1) is 20.5. The first-order valence-corrected chi connectivity index (χ1v) is 14.4. The lowest BCUT2D eigenvalue weighted by atomic mass is 9.95. The molecule has 0 bridgehead atoms. The Bertz CT molecular complexity index is 1660. The fourth-order valence-electron chi connectivity index (χ4n) is 6.41. The van der Waals surface area contributed by atoms with Crippen molar-refractivity contribution < 1.29 is 23.7 Å². The zero-order chi connectivity index (χ0) is 28.8. The minimum atomic E-state index is -0.745. The molecule has 7 rings (SSSR count). The van der Waals surface area contributed by atoms with E-state index >= 15 is 0 Å². The molecule has 3 fully saturated rings. The second-order valence-corrected chi connectivity index (χ2v) is 11.2. The van der Waals surface area contributed by atoms with E-state index < -0.39 is 6.23 Å². The molecular formula is C32H33N5O5. The number of likely N-dealkylation sites (N-methyl/N-ethyl adjacent to an activating group) is 1. The number of aliphatic hydroxyl groups is 1. The lowest BCUT2D eigenvalue weighted by Crippen LogP contribution is -2.61. The van der Waals surface area contributed by atoms with Gasteiger partial charge in [-0.25, -0.2) is 4.98 Å². The number of aliphatic hydroxyl groups excluding tert-OH is 1. The Morgan fingerprint density at radius 1 is 1.07 bits per heavy atom. The van der Waals surface area contributed by atoms with Gasteiger partial charge >= 0.3 is 0 Å².